The number of hydrogen-bond acceptors (Lipinski definition) is 3. The topological polar surface area (TPSA) is 53.4 Å². The zero-order valence-electron chi connectivity index (χ0n) is 6.80. The van der Waals surface area contributed by atoms with Crippen LogP contribution in [0.4, 0.5) is 0 Å². The molecule has 0 saturated carbocycles. The average molecular weight is 222 g/mol. The molecule has 2 N–H and O–H groups in total. The van der Waals surface area contributed by atoms with Crippen molar-refractivity contribution in [3.05, 3.63) is 27.5 Å². The van der Waals surface area contributed by atoms with Gasteiger partial charge in [0.15, 0.2) is 0 Å². The Hall–Kier alpha value is -0.350. The summed E-state index contributed by atoms with van der Waals surface area (Å²) in [6, 6.07) is 1.59. The summed E-state index contributed by atoms with van der Waals surface area (Å²) in [5.41, 5.74) is 1.26. The van der Waals surface area contributed by atoms with E-state index < -0.39 is 0 Å². The maximum Gasteiger partial charge on any atom is 0.136 e. The van der Waals surface area contributed by atoms with Gasteiger partial charge in [0.25, 0.3) is 0 Å². The van der Waals surface area contributed by atoms with Crippen LogP contribution < -0.4 is 0 Å². The SMILES string of the molecule is OCCc1cc(Cl)nc(Cl)c1CO. The molecule has 1 aromatic heterocycles. The van der Waals surface area contributed by atoms with Gasteiger partial charge in [-0.05, 0) is 18.1 Å². The van der Waals surface area contributed by atoms with E-state index in [-0.39, 0.29) is 23.5 Å². The Morgan fingerprint density at radius 2 is 2.00 bits per heavy atom. The Labute approximate surface area is 85.9 Å². The normalized spacial score (nSPS) is 10.5. The molecule has 0 aliphatic carbocycles. The molecule has 0 aliphatic heterocycles. The van der Waals surface area contributed by atoms with Gasteiger partial charge in [0.05, 0.1) is 6.61 Å². The highest BCUT2D eigenvalue weighted by Crippen LogP contribution is 2.22. The molecule has 0 spiro atoms. The van der Waals surface area contributed by atoms with Gasteiger partial charge >= 0.3 is 0 Å². The van der Waals surface area contributed by atoms with Crippen LogP contribution in [0.5, 0.6) is 0 Å². The minimum absolute atomic E-state index is 0.0102. The second kappa shape index (κ2) is 4.77. The highest BCUT2D eigenvalue weighted by atomic mass is 35.5. The first-order valence-corrected chi connectivity index (χ1v) is 4.50. The second-order valence-corrected chi connectivity index (χ2v) is 3.25. The third-order valence-electron chi connectivity index (χ3n) is 1.67. The Kier molecular flexibility index (Phi) is 3.93. The summed E-state index contributed by atoms with van der Waals surface area (Å²) in [4.78, 5) is 3.78. The molecule has 0 radical (unpaired) electrons. The lowest BCUT2D eigenvalue weighted by Gasteiger charge is -2.07. The number of halogens is 2. The van der Waals surface area contributed by atoms with E-state index in [4.69, 9.17) is 33.4 Å². The van der Waals surface area contributed by atoms with Crippen molar-refractivity contribution in [1.29, 1.82) is 0 Å². The van der Waals surface area contributed by atoms with Crippen LogP contribution in [0.1, 0.15) is 11.1 Å². The molecule has 1 heterocycles. The number of aromatic nitrogens is 1. The van der Waals surface area contributed by atoms with Crippen molar-refractivity contribution >= 4 is 23.2 Å². The van der Waals surface area contributed by atoms with Gasteiger partial charge in [0.1, 0.15) is 10.3 Å². The molecular formula is C8H9Cl2NO2. The molecule has 0 amide bonds. The van der Waals surface area contributed by atoms with E-state index >= 15 is 0 Å². The summed E-state index contributed by atoms with van der Waals surface area (Å²) < 4.78 is 0. The fourth-order valence-electron chi connectivity index (χ4n) is 1.07. The van der Waals surface area contributed by atoms with Gasteiger partial charge in [0, 0.05) is 12.2 Å². The molecule has 0 atom stereocenters. The van der Waals surface area contributed by atoms with Crippen LogP contribution in [0.15, 0.2) is 6.07 Å². The van der Waals surface area contributed by atoms with Crippen molar-refractivity contribution in [1.82, 2.24) is 4.98 Å². The summed E-state index contributed by atoms with van der Waals surface area (Å²) in [5.74, 6) is 0. The summed E-state index contributed by atoms with van der Waals surface area (Å²) in [6.07, 6.45) is 0.415. The number of aliphatic hydroxyl groups is 2. The molecule has 0 aliphatic rings. The van der Waals surface area contributed by atoms with E-state index in [0.29, 0.717) is 12.0 Å². The zero-order valence-corrected chi connectivity index (χ0v) is 8.31. The smallest absolute Gasteiger partial charge is 0.136 e. The summed E-state index contributed by atoms with van der Waals surface area (Å²) in [6.45, 7) is -0.206. The molecule has 1 aromatic rings. The summed E-state index contributed by atoms with van der Waals surface area (Å²) in [7, 11) is 0. The third kappa shape index (κ3) is 2.54. The van der Waals surface area contributed by atoms with Gasteiger partial charge < -0.3 is 10.2 Å². The molecule has 0 aromatic carbocycles. The van der Waals surface area contributed by atoms with Crippen LogP contribution in [0, 0.1) is 0 Å². The van der Waals surface area contributed by atoms with E-state index in [1.165, 1.54) is 0 Å². The number of nitrogens with zero attached hydrogens (tertiary/aromatic N) is 1. The molecule has 0 fully saturated rings. The average Bonchev–Trinajstić information content (AvgIpc) is 2.04. The first-order chi connectivity index (χ1) is 6.19. The van der Waals surface area contributed by atoms with Crippen LogP contribution >= 0.6 is 23.2 Å². The third-order valence-corrected chi connectivity index (χ3v) is 2.18. The predicted octanol–water partition coefficient (Wildman–Crippen LogP) is 1.42. The quantitative estimate of drug-likeness (QED) is 0.760. The highest BCUT2D eigenvalue weighted by molar-refractivity contribution is 6.33. The van der Waals surface area contributed by atoms with Gasteiger partial charge in [0.2, 0.25) is 0 Å². The van der Waals surface area contributed by atoms with Gasteiger partial charge in [-0.25, -0.2) is 4.98 Å². The second-order valence-electron chi connectivity index (χ2n) is 2.51. The summed E-state index contributed by atoms with van der Waals surface area (Å²) >= 11 is 11.4. The van der Waals surface area contributed by atoms with Crippen molar-refractivity contribution in [2.24, 2.45) is 0 Å². The van der Waals surface area contributed by atoms with E-state index in [2.05, 4.69) is 4.98 Å². The number of pyridine rings is 1. The maximum absolute atomic E-state index is 8.97. The fourth-order valence-corrected chi connectivity index (χ4v) is 1.60. The van der Waals surface area contributed by atoms with Crippen LogP contribution in [0.3, 0.4) is 0 Å². The largest absolute Gasteiger partial charge is 0.396 e. The van der Waals surface area contributed by atoms with Crippen LogP contribution in [-0.4, -0.2) is 21.8 Å². The number of rotatable bonds is 3. The molecule has 0 saturated heterocycles. The summed E-state index contributed by atoms with van der Waals surface area (Å²) in [5, 5.41) is 18.2. The Bertz CT molecular complexity index is 304. The van der Waals surface area contributed by atoms with Crippen LogP contribution in [0.25, 0.3) is 0 Å². The molecule has 0 bridgehead atoms. The lowest BCUT2D eigenvalue weighted by atomic mass is 10.1. The highest BCUT2D eigenvalue weighted by Gasteiger charge is 2.08. The van der Waals surface area contributed by atoms with Crippen LogP contribution in [0.2, 0.25) is 10.3 Å². The van der Waals surface area contributed by atoms with Crippen molar-refractivity contribution in [3.63, 3.8) is 0 Å². The lowest BCUT2D eigenvalue weighted by molar-refractivity contribution is 0.275. The zero-order chi connectivity index (χ0) is 9.84. The van der Waals surface area contributed by atoms with E-state index in [1.807, 2.05) is 0 Å². The minimum Gasteiger partial charge on any atom is -0.396 e. The standard InChI is InChI=1S/C8H9Cl2NO2/c9-7-3-5(1-2-12)6(4-13)8(10)11-7/h3,12-13H,1-2,4H2. The molecule has 13 heavy (non-hydrogen) atoms. The lowest BCUT2D eigenvalue weighted by Crippen LogP contribution is -2.00. The van der Waals surface area contributed by atoms with Gasteiger partial charge in [-0.1, -0.05) is 23.2 Å². The number of aliphatic hydroxyl groups excluding tert-OH is 2. The van der Waals surface area contributed by atoms with E-state index in [9.17, 15) is 0 Å². The monoisotopic (exact) mass is 221 g/mol. The first-order valence-electron chi connectivity index (χ1n) is 3.74. The van der Waals surface area contributed by atoms with Gasteiger partial charge in [-0.2, -0.15) is 0 Å². The Morgan fingerprint density at radius 3 is 2.54 bits per heavy atom. The van der Waals surface area contributed by atoms with Crippen molar-refractivity contribution in [3.8, 4) is 0 Å². The van der Waals surface area contributed by atoms with E-state index in [1.54, 1.807) is 6.07 Å². The van der Waals surface area contributed by atoms with Gasteiger partial charge in [-0.3, -0.25) is 0 Å². The Morgan fingerprint density at radius 1 is 1.31 bits per heavy atom. The fraction of sp³-hybridized carbons (Fsp3) is 0.375. The van der Waals surface area contributed by atoms with Crippen molar-refractivity contribution < 1.29 is 10.2 Å². The minimum atomic E-state index is -0.196. The number of hydrogen-bond donors (Lipinski definition) is 2. The molecule has 72 valence electrons. The van der Waals surface area contributed by atoms with E-state index in [0.717, 1.165) is 5.56 Å². The van der Waals surface area contributed by atoms with Crippen molar-refractivity contribution in [2.75, 3.05) is 6.61 Å². The molecule has 3 nitrogen and oxygen atoms in total. The maximum atomic E-state index is 8.97. The molecular weight excluding hydrogens is 213 g/mol. The molecule has 0 unspecified atom stereocenters. The molecule has 1 rings (SSSR count). The predicted molar refractivity (Wildman–Crippen MR) is 51.0 cm³/mol. The van der Waals surface area contributed by atoms with Crippen molar-refractivity contribution in [2.45, 2.75) is 13.0 Å². The Balaban J connectivity index is 3.13. The first kappa shape index (κ1) is 10.7. The van der Waals surface area contributed by atoms with Gasteiger partial charge in [-0.15, -0.1) is 0 Å². The molecule has 5 heteroatoms. The van der Waals surface area contributed by atoms with Crippen LogP contribution in [-0.2, 0) is 13.0 Å².